The van der Waals surface area contributed by atoms with Gasteiger partial charge in [0.15, 0.2) is 0 Å². The van der Waals surface area contributed by atoms with Gasteiger partial charge >= 0.3 is 16.4 Å². The van der Waals surface area contributed by atoms with Crippen molar-refractivity contribution < 1.29 is 26.5 Å². The highest BCUT2D eigenvalue weighted by Gasteiger charge is 2.05. The van der Waals surface area contributed by atoms with E-state index in [-0.39, 0.29) is 12.2 Å². The van der Waals surface area contributed by atoms with Crippen LogP contribution in [-0.4, -0.2) is 29.8 Å². The first-order valence-corrected chi connectivity index (χ1v) is 4.70. The molecule has 0 saturated heterocycles. The van der Waals surface area contributed by atoms with E-state index in [0.717, 1.165) is 0 Å². The van der Waals surface area contributed by atoms with Gasteiger partial charge in [-0.2, -0.15) is 12.0 Å². The molecule has 0 rings (SSSR count). The molecule has 0 fully saturated rings. The molecule has 0 atom stereocenters. The van der Waals surface area contributed by atoms with E-state index in [0.29, 0.717) is 12.0 Å². The number of hydrogen-bond donors (Lipinski definition) is 2. The lowest BCUT2D eigenvalue weighted by atomic mass is 10.5. The van der Waals surface area contributed by atoms with Crippen LogP contribution in [-0.2, 0) is 18.8 Å². The smallest absolute Gasteiger partial charge is 0.408 e. The van der Waals surface area contributed by atoms with Gasteiger partial charge in [-0.05, 0) is 0 Å². The van der Waals surface area contributed by atoms with Gasteiger partial charge in [-0.25, -0.2) is 0 Å². The summed E-state index contributed by atoms with van der Waals surface area (Å²) in [5, 5.41) is 8.06. The van der Waals surface area contributed by atoms with Gasteiger partial charge in [0.05, 0.1) is 6.42 Å². The SMILES string of the molecule is O=C(O)CCSOS(=O)(=O)O. The van der Waals surface area contributed by atoms with Crippen LogP contribution in [0.1, 0.15) is 6.42 Å². The summed E-state index contributed by atoms with van der Waals surface area (Å²) in [6.07, 6.45) is -0.222. The van der Waals surface area contributed by atoms with Crippen molar-refractivity contribution in [3.63, 3.8) is 0 Å². The van der Waals surface area contributed by atoms with E-state index in [1.807, 2.05) is 0 Å². The molecule has 0 aliphatic rings. The largest absolute Gasteiger partial charge is 0.481 e. The van der Waals surface area contributed by atoms with E-state index in [2.05, 4.69) is 3.63 Å². The molecule has 0 aliphatic carbocycles. The zero-order valence-electron chi connectivity index (χ0n) is 5.26. The molecule has 11 heavy (non-hydrogen) atoms. The molecular formula is C3H6O6S2. The fraction of sp³-hybridized carbons (Fsp3) is 0.667. The van der Waals surface area contributed by atoms with Gasteiger partial charge in [0.1, 0.15) is 0 Å². The van der Waals surface area contributed by atoms with Crippen molar-refractivity contribution >= 4 is 28.4 Å². The Kier molecular flexibility index (Phi) is 4.42. The molecule has 2 N–H and O–H groups in total. The molecule has 0 aromatic rings. The summed E-state index contributed by atoms with van der Waals surface area (Å²) in [7, 11) is -4.45. The second-order valence-corrected chi connectivity index (χ2v) is 3.51. The van der Waals surface area contributed by atoms with Crippen LogP contribution in [0.3, 0.4) is 0 Å². The van der Waals surface area contributed by atoms with Crippen molar-refractivity contribution in [3.05, 3.63) is 0 Å². The Hall–Kier alpha value is -0.310. The molecule has 0 aromatic carbocycles. The first-order valence-electron chi connectivity index (χ1n) is 2.42. The zero-order chi connectivity index (χ0) is 8.91. The van der Waals surface area contributed by atoms with Gasteiger partial charge in [-0.3, -0.25) is 9.35 Å². The maximum Gasteiger partial charge on any atom is 0.408 e. The third-order valence-electron chi connectivity index (χ3n) is 0.533. The molecule has 0 saturated carbocycles. The van der Waals surface area contributed by atoms with Gasteiger partial charge < -0.3 is 5.11 Å². The van der Waals surface area contributed by atoms with Crippen molar-refractivity contribution in [2.45, 2.75) is 6.42 Å². The van der Waals surface area contributed by atoms with Crippen LogP contribution < -0.4 is 0 Å². The molecule has 66 valence electrons. The van der Waals surface area contributed by atoms with E-state index in [1.165, 1.54) is 0 Å². The summed E-state index contributed by atoms with van der Waals surface area (Å²) in [6.45, 7) is 0. The van der Waals surface area contributed by atoms with E-state index >= 15 is 0 Å². The maximum absolute atomic E-state index is 9.84. The number of carbonyl (C=O) groups is 1. The number of hydrogen-bond acceptors (Lipinski definition) is 5. The minimum absolute atomic E-state index is 0.0326. The Morgan fingerprint density at radius 1 is 1.55 bits per heavy atom. The third kappa shape index (κ3) is 9.69. The molecule has 0 amide bonds. The van der Waals surface area contributed by atoms with E-state index < -0.39 is 16.4 Å². The predicted molar refractivity (Wildman–Crippen MR) is 37.3 cm³/mol. The van der Waals surface area contributed by atoms with Gasteiger partial charge in [-0.15, -0.1) is 0 Å². The van der Waals surface area contributed by atoms with Crippen LogP contribution >= 0.6 is 12.0 Å². The fourth-order valence-electron chi connectivity index (χ4n) is 0.224. The summed E-state index contributed by atoms with van der Waals surface area (Å²) < 4.78 is 31.4. The monoisotopic (exact) mass is 202 g/mol. The fourth-order valence-corrected chi connectivity index (χ4v) is 1.24. The van der Waals surface area contributed by atoms with E-state index in [4.69, 9.17) is 9.66 Å². The van der Waals surface area contributed by atoms with Crippen molar-refractivity contribution in [1.29, 1.82) is 0 Å². The maximum atomic E-state index is 9.84. The zero-order valence-corrected chi connectivity index (χ0v) is 6.89. The number of carboxylic acid groups (broad SMARTS) is 1. The van der Waals surface area contributed by atoms with E-state index in [9.17, 15) is 13.2 Å². The highest BCUT2D eigenvalue weighted by molar-refractivity contribution is 8.02. The Morgan fingerprint density at radius 3 is 2.45 bits per heavy atom. The lowest BCUT2D eigenvalue weighted by Gasteiger charge is -1.94. The number of aliphatic carboxylic acids is 1. The first kappa shape index (κ1) is 10.7. The molecule has 6 nitrogen and oxygen atoms in total. The Bertz CT molecular complexity index is 218. The van der Waals surface area contributed by atoms with Crippen molar-refractivity contribution in [2.75, 3.05) is 5.75 Å². The van der Waals surface area contributed by atoms with Crippen molar-refractivity contribution in [1.82, 2.24) is 0 Å². The van der Waals surface area contributed by atoms with Gasteiger partial charge in [0, 0.05) is 17.8 Å². The molecular weight excluding hydrogens is 196 g/mol. The van der Waals surface area contributed by atoms with Gasteiger partial charge in [0.25, 0.3) is 0 Å². The predicted octanol–water partition coefficient (Wildman–Crippen LogP) is -0.0713. The second kappa shape index (κ2) is 4.54. The molecule has 0 heterocycles. The summed E-state index contributed by atoms with van der Waals surface area (Å²) >= 11 is 0.370. The van der Waals surface area contributed by atoms with Crippen LogP contribution in [0, 0.1) is 0 Å². The average molecular weight is 202 g/mol. The summed E-state index contributed by atoms with van der Waals surface area (Å²) in [6, 6.07) is 0. The normalized spacial score (nSPS) is 11.4. The molecule has 0 radical (unpaired) electrons. The molecule has 0 aromatic heterocycles. The van der Waals surface area contributed by atoms with Crippen LogP contribution in [0.5, 0.6) is 0 Å². The lowest BCUT2D eigenvalue weighted by molar-refractivity contribution is -0.136. The van der Waals surface area contributed by atoms with Crippen LogP contribution in [0.2, 0.25) is 0 Å². The molecule has 0 unspecified atom stereocenters. The molecule has 0 bridgehead atoms. The van der Waals surface area contributed by atoms with Crippen LogP contribution in [0.25, 0.3) is 0 Å². The minimum Gasteiger partial charge on any atom is -0.481 e. The molecule has 0 spiro atoms. The molecule has 0 aliphatic heterocycles. The Balaban J connectivity index is 3.37. The summed E-state index contributed by atoms with van der Waals surface area (Å²) in [5.74, 6) is -1.09. The lowest BCUT2D eigenvalue weighted by Crippen LogP contribution is -2.00. The standard InChI is InChI=1S/C3H6O6S2/c4-3(5)1-2-10-9-11(6,7)8/h1-2H2,(H,4,5)(H,6,7,8). The van der Waals surface area contributed by atoms with Crippen molar-refractivity contribution in [2.24, 2.45) is 0 Å². The summed E-state index contributed by atoms with van der Waals surface area (Å²) in [4.78, 5) is 9.84. The highest BCUT2D eigenvalue weighted by Crippen LogP contribution is 2.07. The van der Waals surface area contributed by atoms with Crippen LogP contribution in [0.4, 0.5) is 0 Å². The Labute approximate surface area is 67.7 Å². The second-order valence-electron chi connectivity index (χ2n) is 1.46. The minimum atomic E-state index is -4.45. The van der Waals surface area contributed by atoms with E-state index in [1.54, 1.807) is 0 Å². The Morgan fingerprint density at radius 2 is 2.09 bits per heavy atom. The summed E-state index contributed by atoms with van der Waals surface area (Å²) in [5.41, 5.74) is 0. The highest BCUT2D eigenvalue weighted by atomic mass is 32.3. The van der Waals surface area contributed by atoms with Crippen LogP contribution in [0.15, 0.2) is 0 Å². The third-order valence-corrected chi connectivity index (χ3v) is 1.98. The van der Waals surface area contributed by atoms with Crippen molar-refractivity contribution in [3.8, 4) is 0 Å². The quantitative estimate of drug-likeness (QED) is 0.365. The number of carboxylic acids is 1. The number of rotatable bonds is 5. The van der Waals surface area contributed by atoms with Gasteiger partial charge in [0.2, 0.25) is 0 Å². The topological polar surface area (TPSA) is 101 Å². The average Bonchev–Trinajstić information content (AvgIpc) is 1.78. The van der Waals surface area contributed by atoms with Gasteiger partial charge in [-0.1, -0.05) is 0 Å². The molecule has 8 heteroatoms. The first-order chi connectivity index (χ1) is 4.92.